The molecule has 2 aromatic rings. The van der Waals surface area contributed by atoms with Gasteiger partial charge < -0.3 is 10.4 Å². The zero-order valence-electron chi connectivity index (χ0n) is 11.7. The first kappa shape index (κ1) is 15.3. The molecule has 0 radical (unpaired) electrons. The molecule has 0 aliphatic heterocycles. The second-order valence-corrected chi connectivity index (χ2v) is 5.80. The van der Waals surface area contributed by atoms with E-state index < -0.39 is 5.97 Å². The Morgan fingerprint density at radius 1 is 1.24 bits per heavy atom. The summed E-state index contributed by atoms with van der Waals surface area (Å²) < 4.78 is 0. The fourth-order valence-electron chi connectivity index (χ4n) is 1.92. The summed E-state index contributed by atoms with van der Waals surface area (Å²) in [4.78, 5) is 23.7. The van der Waals surface area contributed by atoms with Crippen LogP contribution in [0, 0.1) is 0 Å². The van der Waals surface area contributed by atoms with Crippen LogP contribution in [-0.2, 0) is 16.0 Å². The summed E-state index contributed by atoms with van der Waals surface area (Å²) >= 11 is 1.57. The number of benzene rings is 1. The first-order chi connectivity index (χ1) is 10.1. The average molecular weight is 303 g/mol. The molecule has 1 amide bonds. The molecule has 1 atom stereocenters. The number of anilines is 1. The highest BCUT2D eigenvalue weighted by molar-refractivity contribution is 7.10. The molecule has 2 N–H and O–H groups in total. The second-order valence-electron chi connectivity index (χ2n) is 4.82. The van der Waals surface area contributed by atoms with Crippen LogP contribution in [0.3, 0.4) is 0 Å². The zero-order chi connectivity index (χ0) is 15.2. The van der Waals surface area contributed by atoms with Gasteiger partial charge in [-0.2, -0.15) is 0 Å². The Kier molecular flexibility index (Phi) is 5.11. The van der Waals surface area contributed by atoms with Crippen molar-refractivity contribution in [1.29, 1.82) is 0 Å². The normalized spacial score (nSPS) is 11.9. The van der Waals surface area contributed by atoms with Gasteiger partial charge in [0, 0.05) is 17.0 Å². The maximum absolute atomic E-state index is 12.1. The number of thiophene rings is 1. The minimum atomic E-state index is -0.808. The number of carbonyl (C=O) groups is 2. The highest BCUT2D eigenvalue weighted by Gasteiger charge is 2.16. The molecule has 0 bridgehead atoms. The van der Waals surface area contributed by atoms with Crippen molar-refractivity contribution in [2.75, 3.05) is 5.32 Å². The quantitative estimate of drug-likeness (QED) is 0.858. The largest absolute Gasteiger partial charge is 0.481 e. The number of hydrogen-bond acceptors (Lipinski definition) is 3. The van der Waals surface area contributed by atoms with Crippen molar-refractivity contribution < 1.29 is 14.7 Å². The Hall–Kier alpha value is -2.14. The van der Waals surface area contributed by atoms with Crippen molar-refractivity contribution in [3.63, 3.8) is 0 Å². The SMILES string of the molecule is CC(C(=O)Nc1ccc(CCC(=O)O)cc1)c1cccs1. The molecular weight excluding hydrogens is 286 g/mol. The third-order valence-corrected chi connectivity index (χ3v) is 4.27. The van der Waals surface area contributed by atoms with Gasteiger partial charge in [0.05, 0.1) is 5.92 Å². The van der Waals surface area contributed by atoms with Gasteiger partial charge in [0.25, 0.3) is 0 Å². The van der Waals surface area contributed by atoms with Gasteiger partial charge in [0.2, 0.25) is 5.91 Å². The number of aryl methyl sites for hydroxylation is 1. The van der Waals surface area contributed by atoms with Crippen LogP contribution in [0.2, 0.25) is 0 Å². The number of carboxylic acids is 1. The molecule has 1 aromatic heterocycles. The molecule has 1 aromatic carbocycles. The number of rotatable bonds is 6. The molecular formula is C16H17NO3S. The predicted molar refractivity (Wildman–Crippen MR) is 83.8 cm³/mol. The Balaban J connectivity index is 1.93. The minimum absolute atomic E-state index is 0.0456. The van der Waals surface area contributed by atoms with Crippen molar-refractivity contribution in [1.82, 2.24) is 0 Å². The van der Waals surface area contributed by atoms with Gasteiger partial charge in [-0.1, -0.05) is 18.2 Å². The van der Waals surface area contributed by atoms with Crippen molar-refractivity contribution in [3.05, 3.63) is 52.2 Å². The molecule has 2 rings (SSSR count). The molecule has 1 unspecified atom stereocenters. The van der Waals surface area contributed by atoms with Gasteiger partial charge in [0.15, 0.2) is 0 Å². The Morgan fingerprint density at radius 2 is 1.95 bits per heavy atom. The molecule has 0 fully saturated rings. The third-order valence-electron chi connectivity index (χ3n) is 3.21. The number of aliphatic carboxylic acids is 1. The number of nitrogens with one attached hydrogen (secondary N) is 1. The predicted octanol–water partition coefficient (Wildman–Crippen LogP) is 3.51. The molecule has 4 nitrogen and oxygen atoms in total. The van der Waals surface area contributed by atoms with Gasteiger partial charge in [-0.3, -0.25) is 9.59 Å². The summed E-state index contributed by atoms with van der Waals surface area (Å²) in [6.45, 7) is 1.88. The molecule has 110 valence electrons. The minimum Gasteiger partial charge on any atom is -0.481 e. The van der Waals surface area contributed by atoms with Crippen LogP contribution in [0.5, 0.6) is 0 Å². The summed E-state index contributed by atoms with van der Waals surface area (Å²) in [6, 6.07) is 11.2. The summed E-state index contributed by atoms with van der Waals surface area (Å²) in [5.74, 6) is -1.04. The summed E-state index contributed by atoms with van der Waals surface area (Å²) in [5, 5.41) is 13.5. The second kappa shape index (κ2) is 7.04. The van der Waals surface area contributed by atoms with E-state index in [1.165, 1.54) is 0 Å². The van der Waals surface area contributed by atoms with E-state index in [1.807, 2.05) is 36.6 Å². The van der Waals surface area contributed by atoms with Crippen LogP contribution in [0.15, 0.2) is 41.8 Å². The van der Waals surface area contributed by atoms with Crippen molar-refractivity contribution >= 4 is 28.9 Å². The van der Waals surface area contributed by atoms with E-state index in [2.05, 4.69) is 5.32 Å². The van der Waals surface area contributed by atoms with Crippen LogP contribution in [-0.4, -0.2) is 17.0 Å². The highest BCUT2D eigenvalue weighted by atomic mass is 32.1. The van der Waals surface area contributed by atoms with Gasteiger partial charge in [-0.15, -0.1) is 11.3 Å². The Morgan fingerprint density at radius 3 is 2.52 bits per heavy atom. The third kappa shape index (κ3) is 4.43. The van der Waals surface area contributed by atoms with Crippen molar-refractivity contribution in [2.45, 2.75) is 25.7 Å². The van der Waals surface area contributed by atoms with E-state index >= 15 is 0 Å². The molecule has 0 aliphatic carbocycles. The molecule has 0 saturated carbocycles. The van der Waals surface area contributed by atoms with Crippen LogP contribution < -0.4 is 5.32 Å². The molecule has 5 heteroatoms. The lowest BCUT2D eigenvalue weighted by molar-refractivity contribution is -0.137. The smallest absolute Gasteiger partial charge is 0.303 e. The Labute approximate surface area is 127 Å². The summed E-state index contributed by atoms with van der Waals surface area (Å²) in [5.41, 5.74) is 1.67. The van der Waals surface area contributed by atoms with Crippen LogP contribution >= 0.6 is 11.3 Å². The maximum atomic E-state index is 12.1. The standard InChI is InChI=1S/C16H17NO3S/c1-11(14-3-2-10-21-14)16(20)17-13-7-4-12(5-8-13)6-9-15(18)19/h2-5,7-8,10-11H,6,9H2,1H3,(H,17,20)(H,18,19). The lowest BCUT2D eigenvalue weighted by Crippen LogP contribution is -2.18. The number of amides is 1. The highest BCUT2D eigenvalue weighted by Crippen LogP contribution is 2.22. The Bertz CT molecular complexity index is 605. The van der Waals surface area contributed by atoms with Gasteiger partial charge >= 0.3 is 5.97 Å². The van der Waals surface area contributed by atoms with Crippen LogP contribution in [0.25, 0.3) is 0 Å². The lowest BCUT2D eigenvalue weighted by Gasteiger charge is -2.11. The monoisotopic (exact) mass is 303 g/mol. The number of carboxylic acid groups (broad SMARTS) is 1. The van der Waals surface area contributed by atoms with Gasteiger partial charge in [0.1, 0.15) is 0 Å². The summed E-state index contributed by atoms with van der Waals surface area (Å²) in [6.07, 6.45) is 0.607. The van der Waals surface area contributed by atoms with E-state index in [4.69, 9.17) is 5.11 Å². The fourth-order valence-corrected chi connectivity index (χ4v) is 2.71. The topological polar surface area (TPSA) is 66.4 Å². The molecule has 0 saturated heterocycles. The zero-order valence-corrected chi connectivity index (χ0v) is 12.5. The van der Waals surface area contributed by atoms with E-state index in [-0.39, 0.29) is 18.2 Å². The first-order valence-electron chi connectivity index (χ1n) is 6.71. The van der Waals surface area contributed by atoms with E-state index in [1.54, 1.807) is 23.5 Å². The summed E-state index contributed by atoms with van der Waals surface area (Å²) in [7, 11) is 0. The number of hydrogen-bond donors (Lipinski definition) is 2. The van der Waals surface area contributed by atoms with E-state index in [9.17, 15) is 9.59 Å². The lowest BCUT2D eigenvalue weighted by atomic mass is 10.1. The fraction of sp³-hybridized carbons (Fsp3) is 0.250. The maximum Gasteiger partial charge on any atom is 0.303 e. The van der Waals surface area contributed by atoms with Gasteiger partial charge in [-0.25, -0.2) is 0 Å². The molecule has 0 spiro atoms. The number of carbonyl (C=O) groups excluding carboxylic acids is 1. The average Bonchev–Trinajstić information content (AvgIpc) is 2.99. The van der Waals surface area contributed by atoms with Crippen LogP contribution in [0.4, 0.5) is 5.69 Å². The van der Waals surface area contributed by atoms with Crippen LogP contribution in [0.1, 0.15) is 29.7 Å². The molecule has 21 heavy (non-hydrogen) atoms. The van der Waals surface area contributed by atoms with Crippen molar-refractivity contribution in [3.8, 4) is 0 Å². The first-order valence-corrected chi connectivity index (χ1v) is 7.59. The van der Waals surface area contributed by atoms with E-state index in [0.717, 1.165) is 16.1 Å². The van der Waals surface area contributed by atoms with Crippen molar-refractivity contribution in [2.24, 2.45) is 0 Å². The molecule has 1 heterocycles. The van der Waals surface area contributed by atoms with Gasteiger partial charge in [-0.05, 0) is 42.5 Å². The van der Waals surface area contributed by atoms with E-state index in [0.29, 0.717) is 6.42 Å². The molecule has 0 aliphatic rings.